The Morgan fingerprint density at radius 1 is 1.06 bits per heavy atom. The van der Waals surface area contributed by atoms with Crippen molar-refractivity contribution in [3.8, 4) is 5.69 Å². The molecule has 158 valence electrons. The number of anilines is 1. The smallest absolute Gasteiger partial charge is 0.325 e. The molecule has 0 radical (unpaired) electrons. The van der Waals surface area contributed by atoms with Gasteiger partial charge in [0.1, 0.15) is 17.3 Å². The Hall–Kier alpha value is -3.68. The van der Waals surface area contributed by atoms with Crippen LogP contribution in [-0.2, 0) is 6.54 Å². The molecule has 0 aliphatic carbocycles. The second kappa shape index (κ2) is 7.54. The Labute approximate surface area is 178 Å². The van der Waals surface area contributed by atoms with E-state index in [1.165, 1.54) is 6.07 Å². The van der Waals surface area contributed by atoms with Crippen molar-refractivity contribution in [1.82, 2.24) is 19.7 Å². The minimum absolute atomic E-state index is 0.115. The molecular formula is C23H22FN5O2. The van der Waals surface area contributed by atoms with Gasteiger partial charge >= 0.3 is 6.03 Å². The van der Waals surface area contributed by atoms with Gasteiger partial charge in [0.15, 0.2) is 0 Å². The van der Waals surface area contributed by atoms with Crippen LogP contribution < -0.4 is 4.90 Å². The van der Waals surface area contributed by atoms with E-state index in [2.05, 4.69) is 10.1 Å². The number of halogens is 1. The number of aromatic nitrogens is 3. The van der Waals surface area contributed by atoms with Crippen LogP contribution in [0.1, 0.15) is 31.4 Å². The lowest BCUT2D eigenvalue weighted by Gasteiger charge is -2.18. The summed E-state index contributed by atoms with van der Waals surface area (Å²) in [5, 5.41) is 5.18. The Bertz CT molecular complexity index is 1260. The highest BCUT2D eigenvalue weighted by Crippen LogP contribution is 2.31. The zero-order valence-corrected chi connectivity index (χ0v) is 17.3. The van der Waals surface area contributed by atoms with Gasteiger partial charge in [-0.1, -0.05) is 32.0 Å². The largest absolute Gasteiger partial charge is 0.444 e. The summed E-state index contributed by atoms with van der Waals surface area (Å²) in [6, 6.07) is 12.0. The Morgan fingerprint density at radius 3 is 2.65 bits per heavy atom. The summed E-state index contributed by atoms with van der Waals surface area (Å²) in [5.74, 6) is 1.23. The highest BCUT2D eigenvalue weighted by molar-refractivity contribution is 6.03. The number of oxazole rings is 1. The predicted octanol–water partition coefficient (Wildman–Crippen LogP) is 4.72. The molecule has 2 aromatic carbocycles. The van der Waals surface area contributed by atoms with Crippen LogP contribution in [0, 0.1) is 5.82 Å². The first-order valence-electron chi connectivity index (χ1n) is 10.3. The van der Waals surface area contributed by atoms with Crippen LogP contribution in [0.5, 0.6) is 0 Å². The van der Waals surface area contributed by atoms with Gasteiger partial charge in [-0.05, 0) is 24.3 Å². The molecule has 0 saturated carbocycles. The minimum atomic E-state index is -0.354. The van der Waals surface area contributed by atoms with Gasteiger partial charge in [-0.15, -0.1) is 0 Å². The Balaban J connectivity index is 1.43. The molecule has 1 saturated heterocycles. The van der Waals surface area contributed by atoms with Crippen molar-refractivity contribution in [2.75, 3.05) is 18.0 Å². The van der Waals surface area contributed by atoms with E-state index < -0.39 is 0 Å². The molecule has 8 heteroatoms. The lowest BCUT2D eigenvalue weighted by atomic mass is 10.2. The van der Waals surface area contributed by atoms with Crippen LogP contribution in [0.4, 0.5) is 14.9 Å². The molecule has 3 heterocycles. The molecule has 0 atom stereocenters. The summed E-state index contributed by atoms with van der Waals surface area (Å²) in [7, 11) is 0. The molecule has 0 unspecified atom stereocenters. The van der Waals surface area contributed by atoms with E-state index in [0.29, 0.717) is 31.2 Å². The SMILES string of the molecule is CC(C)c1cnc(CN2CCN(c3cccc4c3cnn4-c3ccccc3F)C2=O)o1. The molecule has 0 spiro atoms. The van der Waals surface area contributed by atoms with Crippen LogP contribution in [0.15, 0.2) is 59.3 Å². The van der Waals surface area contributed by atoms with Crippen LogP contribution in [-0.4, -0.2) is 38.8 Å². The number of amides is 2. The van der Waals surface area contributed by atoms with E-state index in [9.17, 15) is 9.18 Å². The molecule has 1 aliphatic rings. The van der Waals surface area contributed by atoms with Gasteiger partial charge in [0, 0.05) is 24.4 Å². The first-order valence-corrected chi connectivity index (χ1v) is 10.3. The zero-order valence-electron chi connectivity index (χ0n) is 17.3. The molecule has 2 amide bonds. The quantitative estimate of drug-likeness (QED) is 0.470. The van der Waals surface area contributed by atoms with Crippen molar-refractivity contribution in [3.63, 3.8) is 0 Å². The maximum Gasteiger partial charge on any atom is 0.325 e. The monoisotopic (exact) mass is 419 g/mol. The number of carbonyl (C=O) groups is 1. The molecule has 2 aromatic heterocycles. The summed E-state index contributed by atoms with van der Waals surface area (Å²) in [5.41, 5.74) is 1.86. The number of fused-ring (bicyclic) bond motifs is 1. The average Bonchev–Trinajstić information content (AvgIpc) is 3.48. The molecule has 1 fully saturated rings. The average molecular weight is 419 g/mol. The third kappa shape index (κ3) is 3.34. The lowest BCUT2D eigenvalue weighted by Crippen LogP contribution is -2.31. The summed E-state index contributed by atoms with van der Waals surface area (Å²) in [6.45, 7) is 5.51. The molecule has 7 nitrogen and oxygen atoms in total. The normalized spacial score (nSPS) is 14.4. The van der Waals surface area contributed by atoms with Crippen molar-refractivity contribution in [2.24, 2.45) is 0 Å². The Kier molecular flexibility index (Phi) is 4.69. The molecule has 0 N–H and O–H groups in total. The Morgan fingerprint density at radius 2 is 1.87 bits per heavy atom. The number of carbonyl (C=O) groups excluding carboxylic acids is 1. The van der Waals surface area contributed by atoms with E-state index in [1.54, 1.807) is 45.1 Å². The molecule has 4 aromatic rings. The van der Waals surface area contributed by atoms with E-state index in [-0.39, 0.29) is 17.8 Å². The van der Waals surface area contributed by atoms with Crippen LogP contribution in [0.3, 0.4) is 0 Å². The maximum absolute atomic E-state index is 14.3. The summed E-state index contributed by atoms with van der Waals surface area (Å²) in [6.07, 6.45) is 3.40. The van der Waals surface area contributed by atoms with Crippen molar-refractivity contribution in [3.05, 3.63) is 72.3 Å². The summed E-state index contributed by atoms with van der Waals surface area (Å²) in [4.78, 5) is 20.9. The van der Waals surface area contributed by atoms with Gasteiger partial charge < -0.3 is 9.32 Å². The number of benzene rings is 2. The first kappa shape index (κ1) is 19.3. The molecule has 31 heavy (non-hydrogen) atoms. The van der Waals surface area contributed by atoms with Gasteiger partial charge in [-0.2, -0.15) is 5.10 Å². The number of rotatable bonds is 5. The standard InChI is InChI=1S/C23H22FN5O2/c1-15(2)21-13-25-22(31-21)14-27-10-11-28(23(27)30)18-8-5-9-19-16(18)12-26-29(19)20-7-4-3-6-17(20)24/h3-9,12-13,15H,10-11,14H2,1-2H3. The van der Waals surface area contributed by atoms with E-state index in [0.717, 1.165) is 22.4 Å². The predicted molar refractivity (Wildman–Crippen MR) is 115 cm³/mol. The number of hydrogen-bond donors (Lipinski definition) is 0. The summed E-state index contributed by atoms with van der Waals surface area (Å²) >= 11 is 0. The molecular weight excluding hydrogens is 397 g/mol. The fourth-order valence-electron chi connectivity index (χ4n) is 3.87. The lowest BCUT2D eigenvalue weighted by molar-refractivity contribution is 0.213. The maximum atomic E-state index is 14.3. The van der Waals surface area contributed by atoms with Gasteiger partial charge in [-0.25, -0.2) is 18.9 Å². The van der Waals surface area contributed by atoms with Crippen molar-refractivity contribution < 1.29 is 13.6 Å². The fraction of sp³-hybridized carbons (Fsp3) is 0.261. The third-order valence-electron chi connectivity index (χ3n) is 5.52. The second-order valence-electron chi connectivity index (χ2n) is 7.88. The van der Waals surface area contributed by atoms with E-state index in [1.807, 2.05) is 32.0 Å². The third-order valence-corrected chi connectivity index (χ3v) is 5.52. The second-order valence-corrected chi connectivity index (χ2v) is 7.88. The van der Waals surface area contributed by atoms with Crippen molar-refractivity contribution in [1.29, 1.82) is 0 Å². The van der Waals surface area contributed by atoms with Crippen LogP contribution in [0.2, 0.25) is 0 Å². The topological polar surface area (TPSA) is 67.4 Å². The number of hydrogen-bond acceptors (Lipinski definition) is 4. The molecule has 0 bridgehead atoms. The minimum Gasteiger partial charge on any atom is -0.444 e. The first-order chi connectivity index (χ1) is 15.0. The number of nitrogens with zero attached hydrogens (tertiary/aromatic N) is 5. The highest BCUT2D eigenvalue weighted by atomic mass is 19.1. The van der Waals surface area contributed by atoms with Gasteiger partial charge in [-0.3, -0.25) is 4.90 Å². The van der Waals surface area contributed by atoms with Gasteiger partial charge in [0.25, 0.3) is 0 Å². The van der Waals surface area contributed by atoms with E-state index in [4.69, 9.17) is 4.42 Å². The zero-order chi connectivity index (χ0) is 21.5. The number of para-hydroxylation sites is 1. The van der Waals surface area contributed by atoms with E-state index >= 15 is 0 Å². The fourth-order valence-corrected chi connectivity index (χ4v) is 3.87. The van der Waals surface area contributed by atoms with Crippen molar-refractivity contribution >= 4 is 22.6 Å². The van der Waals surface area contributed by atoms with Gasteiger partial charge in [0.05, 0.1) is 30.1 Å². The van der Waals surface area contributed by atoms with Crippen molar-refractivity contribution in [2.45, 2.75) is 26.3 Å². The summed E-state index contributed by atoms with van der Waals surface area (Å²) < 4.78 is 21.6. The van der Waals surface area contributed by atoms with Crippen LogP contribution >= 0.6 is 0 Å². The molecule has 1 aliphatic heterocycles. The number of urea groups is 1. The molecule has 5 rings (SSSR count). The highest BCUT2D eigenvalue weighted by Gasteiger charge is 2.32. The van der Waals surface area contributed by atoms with Gasteiger partial charge in [0.2, 0.25) is 5.89 Å². The van der Waals surface area contributed by atoms with Crippen LogP contribution in [0.25, 0.3) is 16.6 Å².